The van der Waals surface area contributed by atoms with Gasteiger partial charge in [0, 0.05) is 11.1 Å². The van der Waals surface area contributed by atoms with E-state index in [4.69, 9.17) is 17.3 Å². The van der Waals surface area contributed by atoms with Crippen molar-refractivity contribution in [2.75, 3.05) is 5.73 Å². The molecule has 0 aliphatic rings. The van der Waals surface area contributed by atoms with Gasteiger partial charge in [0.15, 0.2) is 5.52 Å². The first-order chi connectivity index (χ1) is 9.06. The first-order valence-electron chi connectivity index (χ1n) is 5.36. The van der Waals surface area contributed by atoms with Gasteiger partial charge in [0.2, 0.25) is 0 Å². The summed E-state index contributed by atoms with van der Waals surface area (Å²) in [5.41, 5.74) is 7.59. The third-order valence-electron chi connectivity index (χ3n) is 2.76. The molecule has 0 spiro atoms. The van der Waals surface area contributed by atoms with Gasteiger partial charge in [0.05, 0.1) is 21.6 Å². The molecule has 0 radical (unpaired) electrons. The number of nitrogen functional groups attached to an aromatic ring is 1. The SMILES string of the molecule is Nc1ccc([N+](=O)[O-])c2nc3ccc(Cl)cc3nc12. The lowest BCUT2D eigenvalue weighted by Gasteiger charge is -2.04. The van der Waals surface area contributed by atoms with Crippen LogP contribution in [0.5, 0.6) is 0 Å². The third-order valence-corrected chi connectivity index (χ3v) is 2.99. The van der Waals surface area contributed by atoms with Crippen molar-refractivity contribution in [3.8, 4) is 0 Å². The van der Waals surface area contributed by atoms with E-state index in [1.165, 1.54) is 12.1 Å². The Balaban J connectivity index is 2.49. The van der Waals surface area contributed by atoms with Gasteiger partial charge in [-0.05, 0) is 24.3 Å². The molecule has 0 saturated carbocycles. The van der Waals surface area contributed by atoms with Crippen molar-refractivity contribution in [3.63, 3.8) is 0 Å². The highest BCUT2D eigenvalue weighted by atomic mass is 35.5. The van der Waals surface area contributed by atoms with E-state index in [0.29, 0.717) is 27.3 Å². The van der Waals surface area contributed by atoms with Crippen LogP contribution in [0.1, 0.15) is 0 Å². The van der Waals surface area contributed by atoms with E-state index in [1.54, 1.807) is 18.2 Å². The minimum absolute atomic E-state index is 0.117. The lowest BCUT2D eigenvalue weighted by atomic mass is 10.2. The molecule has 1 heterocycles. The maximum Gasteiger partial charge on any atom is 0.297 e. The monoisotopic (exact) mass is 274 g/mol. The highest BCUT2D eigenvalue weighted by molar-refractivity contribution is 6.31. The number of nitro groups is 1. The van der Waals surface area contributed by atoms with Gasteiger partial charge in [0.25, 0.3) is 5.69 Å². The van der Waals surface area contributed by atoms with Crippen molar-refractivity contribution in [2.24, 2.45) is 0 Å². The van der Waals surface area contributed by atoms with Crippen LogP contribution in [0.2, 0.25) is 5.02 Å². The van der Waals surface area contributed by atoms with E-state index in [-0.39, 0.29) is 11.2 Å². The van der Waals surface area contributed by atoms with Crippen LogP contribution in [0, 0.1) is 10.1 Å². The summed E-state index contributed by atoms with van der Waals surface area (Å²) in [7, 11) is 0. The van der Waals surface area contributed by atoms with Crippen LogP contribution < -0.4 is 5.73 Å². The molecule has 0 unspecified atom stereocenters. The van der Waals surface area contributed by atoms with Crippen molar-refractivity contribution in [1.29, 1.82) is 0 Å². The van der Waals surface area contributed by atoms with Crippen LogP contribution >= 0.6 is 11.6 Å². The van der Waals surface area contributed by atoms with Crippen molar-refractivity contribution in [1.82, 2.24) is 9.97 Å². The number of benzene rings is 2. The zero-order valence-electron chi connectivity index (χ0n) is 9.50. The third kappa shape index (κ3) is 1.82. The fraction of sp³-hybridized carbons (Fsp3) is 0. The van der Waals surface area contributed by atoms with Crippen LogP contribution in [0.15, 0.2) is 30.3 Å². The minimum atomic E-state index is -0.502. The molecule has 0 fully saturated rings. The molecule has 0 aliphatic carbocycles. The van der Waals surface area contributed by atoms with Crippen LogP contribution in [-0.4, -0.2) is 14.9 Å². The van der Waals surface area contributed by atoms with Crippen molar-refractivity contribution < 1.29 is 4.92 Å². The fourth-order valence-electron chi connectivity index (χ4n) is 1.88. The summed E-state index contributed by atoms with van der Waals surface area (Å²) in [6.45, 7) is 0. The maximum atomic E-state index is 11.0. The lowest BCUT2D eigenvalue weighted by Crippen LogP contribution is -1.97. The van der Waals surface area contributed by atoms with E-state index in [2.05, 4.69) is 9.97 Å². The fourth-order valence-corrected chi connectivity index (χ4v) is 2.05. The number of fused-ring (bicyclic) bond motifs is 2. The molecule has 6 nitrogen and oxygen atoms in total. The van der Waals surface area contributed by atoms with E-state index >= 15 is 0 Å². The second kappa shape index (κ2) is 4.03. The summed E-state index contributed by atoms with van der Waals surface area (Å²) in [5.74, 6) is 0. The predicted molar refractivity (Wildman–Crippen MR) is 73.1 cm³/mol. The first kappa shape index (κ1) is 11.6. The number of nitrogens with two attached hydrogens (primary N) is 1. The average molecular weight is 275 g/mol. The number of halogens is 1. The molecule has 0 saturated heterocycles. The van der Waals surface area contributed by atoms with Gasteiger partial charge in [-0.25, -0.2) is 9.97 Å². The van der Waals surface area contributed by atoms with Crippen LogP contribution in [0.4, 0.5) is 11.4 Å². The Bertz CT molecular complexity index is 835. The number of aromatic nitrogens is 2. The quantitative estimate of drug-likeness (QED) is 0.318. The molecule has 0 bridgehead atoms. The summed E-state index contributed by atoms with van der Waals surface area (Å²) in [5, 5.41) is 11.5. The van der Waals surface area contributed by atoms with Crippen LogP contribution in [0.25, 0.3) is 22.1 Å². The van der Waals surface area contributed by atoms with Gasteiger partial charge in [-0.1, -0.05) is 11.6 Å². The van der Waals surface area contributed by atoms with Crippen molar-refractivity contribution >= 4 is 45.0 Å². The molecule has 2 aromatic carbocycles. The molecule has 7 heteroatoms. The topological polar surface area (TPSA) is 94.9 Å². The van der Waals surface area contributed by atoms with Gasteiger partial charge in [-0.3, -0.25) is 10.1 Å². The normalized spacial score (nSPS) is 11.0. The van der Waals surface area contributed by atoms with Crippen LogP contribution in [-0.2, 0) is 0 Å². The molecule has 0 atom stereocenters. The van der Waals surface area contributed by atoms with Gasteiger partial charge in [0.1, 0.15) is 5.52 Å². The number of hydrogen-bond donors (Lipinski definition) is 1. The Morgan fingerprint density at radius 2 is 1.84 bits per heavy atom. The molecule has 3 aromatic rings. The first-order valence-corrected chi connectivity index (χ1v) is 5.74. The van der Waals surface area contributed by atoms with Gasteiger partial charge < -0.3 is 5.73 Å². The Labute approximate surface area is 112 Å². The highest BCUT2D eigenvalue weighted by Crippen LogP contribution is 2.29. The number of rotatable bonds is 1. The van der Waals surface area contributed by atoms with E-state index in [1.807, 2.05) is 0 Å². The number of anilines is 1. The molecular weight excluding hydrogens is 268 g/mol. The van der Waals surface area contributed by atoms with Crippen molar-refractivity contribution in [3.05, 3.63) is 45.5 Å². The zero-order chi connectivity index (χ0) is 13.6. The molecule has 3 rings (SSSR count). The van der Waals surface area contributed by atoms with E-state index < -0.39 is 4.92 Å². The second-order valence-electron chi connectivity index (χ2n) is 3.98. The van der Waals surface area contributed by atoms with Crippen LogP contribution in [0.3, 0.4) is 0 Å². The molecular formula is C12H7ClN4O2. The lowest BCUT2D eigenvalue weighted by molar-refractivity contribution is -0.383. The highest BCUT2D eigenvalue weighted by Gasteiger charge is 2.17. The Kier molecular flexibility index (Phi) is 2.46. The standard InChI is InChI=1S/C12H7ClN4O2/c13-6-1-3-8-9(5-6)16-11-7(14)2-4-10(17(18)19)12(11)15-8/h1-5H,14H2. The van der Waals surface area contributed by atoms with E-state index in [0.717, 1.165) is 0 Å². The molecule has 0 aliphatic heterocycles. The Hall–Kier alpha value is -2.47. The number of nitrogens with zero attached hydrogens (tertiary/aromatic N) is 3. The molecule has 2 N–H and O–H groups in total. The molecule has 1 aromatic heterocycles. The van der Waals surface area contributed by atoms with Gasteiger partial charge in [-0.2, -0.15) is 0 Å². The smallest absolute Gasteiger partial charge is 0.297 e. The number of nitro benzene ring substituents is 1. The summed E-state index contributed by atoms with van der Waals surface area (Å²) in [6, 6.07) is 7.74. The summed E-state index contributed by atoms with van der Waals surface area (Å²) in [6.07, 6.45) is 0. The van der Waals surface area contributed by atoms with E-state index in [9.17, 15) is 10.1 Å². The molecule has 0 amide bonds. The number of non-ortho nitro benzene ring substituents is 1. The Morgan fingerprint density at radius 1 is 1.11 bits per heavy atom. The molecule has 19 heavy (non-hydrogen) atoms. The summed E-state index contributed by atoms with van der Waals surface area (Å²) in [4.78, 5) is 19.1. The summed E-state index contributed by atoms with van der Waals surface area (Å²) < 4.78 is 0. The largest absolute Gasteiger partial charge is 0.397 e. The minimum Gasteiger partial charge on any atom is -0.397 e. The van der Waals surface area contributed by atoms with Crippen molar-refractivity contribution in [2.45, 2.75) is 0 Å². The van der Waals surface area contributed by atoms with Gasteiger partial charge in [-0.15, -0.1) is 0 Å². The average Bonchev–Trinajstić information content (AvgIpc) is 2.37. The predicted octanol–water partition coefficient (Wildman–Crippen LogP) is 2.93. The Morgan fingerprint density at radius 3 is 2.58 bits per heavy atom. The summed E-state index contributed by atoms with van der Waals surface area (Å²) >= 11 is 5.88. The van der Waals surface area contributed by atoms with Gasteiger partial charge >= 0.3 is 0 Å². The second-order valence-corrected chi connectivity index (χ2v) is 4.42. The maximum absolute atomic E-state index is 11.0. The zero-order valence-corrected chi connectivity index (χ0v) is 10.3. The number of hydrogen-bond acceptors (Lipinski definition) is 5. The molecule has 94 valence electrons.